The number of hydrogen-bond acceptors (Lipinski definition) is 5. The van der Waals surface area contributed by atoms with E-state index in [4.69, 9.17) is 10.5 Å². The second kappa shape index (κ2) is 5.24. The first-order valence-corrected chi connectivity index (χ1v) is 6.57. The van der Waals surface area contributed by atoms with Crippen LogP contribution >= 0.6 is 0 Å². The fourth-order valence-electron chi connectivity index (χ4n) is 2.18. The number of fused-ring (bicyclic) bond motifs is 1. The minimum Gasteiger partial charge on any atom is -0.462 e. The number of nitrogens with two attached hydrogens (primary N) is 1. The minimum atomic E-state index is -0.432. The van der Waals surface area contributed by atoms with E-state index in [0.29, 0.717) is 23.5 Å². The number of hydrogen-bond donors (Lipinski definition) is 1. The summed E-state index contributed by atoms with van der Waals surface area (Å²) in [5.41, 5.74) is 9.04. The first kappa shape index (κ1) is 13.1. The van der Waals surface area contributed by atoms with Crippen molar-refractivity contribution in [2.24, 2.45) is 0 Å². The number of carbonyl (C=O) groups excluding carboxylic acids is 1. The molecule has 0 bridgehead atoms. The van der Waals surface area contributed by atoms with Gasteiger partial charge in [0, 0.05) is 17.4 Å². The lowest BCUT2D eigenvalue weighted by Gasteiger charge is -2.07. The Morgan fingerprint density at radius 2 is 2.14 bits per heavy atom. The fourth-order valence-corrected chi connectivity index (χ4v) is 2.18. The zero-order chi connectivity index (χ0) is 14.8. The van der Waals surface area contributed by atoms with E-state index in [2.05, 4.69) is 10.1 Å². The second-order valence-electron chi connectivity index (χ2n) is 4.43. The highest BCUT2D eigenvalue weighted by Gasteiger charge is 2.17. The maximum absolute atomic E-state index is 11.9. The van der Waals surface area contributed by atoms with E-state index in [0.717, 1.165) is 11.3 Å². The van der Waals surface area contributed by atoms with Crippen LogP contribution in [0, 0.1) is 0 Å². The van der Waals surface area contributed by atoms with E-state index in [1.807, 2.05) is 24.3 Å². The molecule has 2 heterocycles. The summed E-state index contributed by atoms with van der Waals surface area (Å²) < 4.78 is 6.60. The molecular formula is C15H14N4O2. The first-order valence-electron chi connectivity index (χ1n) is 6.57. The van der Waals surface area contributed by atoms with Gasteiger partial charge in [0.25, 0.3) is 0 Å². The number of aromatic nitrogens is 3. The molecule has 2 N–H and O–H groups in total. The average Bonchev–Trinajstić information content (AvgIpc) is 2.92. The number of rotatable bonds is 3. The van der Waals surface area contributed by atoms with Crippen molar-refractivity contribution in [1.29, 1.82) is 0 Å². The van der Waals surface area contributed by atoms with Gasteiger partial charge in [-0.05, 0) is 19.1 Å². The van der Waals surface area contributed by atoms with E-state index in [9.17, 15) is 4.79 Å². The molecule has 0 saturated carbocycles. The average molecular weight is 282 g/mol. The Morgan fingerprint density at radius 1 is 1.33 bits per heavy atom. The van der Waals surface area contributed by atoms with Crippen molar-refractivity contribution in [2.75, 3.05) is 12.3 Å². The Kier molecular flexibility index (Phi) is 3.27. The topological polar surface area (TPSA) is 82.5 Å². The van der Waals surface area contributed by atoms with Crippen molar-refractivity contribution in [3.05, 3.63) is 48.3 Å². The zero-order valence-electron chi connectivity index (χ0n) is 11.5. The molecule has 0 saturated heterocycles. The Morgan fingerprint density at radius 3 is 2.90 bits per heavy atom. The van der Waals surface area contributed by atoms with Crippen LogP contribution in [0.15, 0.2) is 42.7 Å². The van der Waals surface area contributed by atoms with Gasteiger partial charge in [-0.2, -0.15) is 5.10 Å². The SMILES string of the molecule is CCOC(=O)c1cnn2c(-c3ccccc3N)ccnc12. The Bertz CT molecular complexity index is 810. The van der Waals surface area contributed by atoms with Gasteiger partial charge >= 0.3 is 5.97 Å². The highest BCUT2D eigenvalue weighted by molar-refractivity contribution is 5.96. The van der Waals surface area contributed by atoms with Crippen molar-refractivity contribution < 1.29 is 9.53 Å². The normalized spacial score (nSPS) is 10.7. The van der Waals surface area contributed by atoms with Crippen LogP contribution in [0.1, 0.15) is 17.3 Å². The molecule has 0 spiro atoms. The van der Waals surface area contributed by atoms with Crippen LogP contribution in [-0.4, -0.2) is 27.2 Å². The summed E-state index contributed by atoms with van der Waals surface area (Å²) in [6.07, 6.45) is 3.09. The van der Waals surface area contributed by atoms with Crippen molar-refractivity contribution in [2.45, 2.75) is 6.92 Å². The molecular weight excluding hydrogens is 268 g/mol. The third-order valence-corrected chi connectivity index (χ3v) is 3.13. The van der Waals surface area contributed by atoms with Crippen molar-refractivity contribution >= 4 is 17.3 Å². The summed E-state index contributed by atoms with van der Waals surface area (Å²) in [5.74, 6) is -0.432. The summed E-state index contributed by atoms with van der Waals surface area (Å²) in [4.78, 5) is 16.1. The molecule has 2 aromatic heterocycles. The summed E-state index contributed by atoms with van der Waals surface area (Å²) in [6, 6.07) is 9.28. The van der Waals surface area contributed by atoms with Crippen LogP contribution in [0.4, 0.5) is 5.69 Å². The van der Waals surface area contributed by atoms with E-state index in [1.54, 1.807) is 23.7 Å². The minimum absolute atomic E-state index is 0.307. The summed E-state index contributed by atoms with van der Waals surface area (Å²) in [7, 11) is 0. The maximum Gasteiger partial charge on any atom is 0.343 e. The van der Waals surface area contributed by atoms with Gasteiger partial charge < -0.3 is 10.5 Å². The molecule has 0 aliphatic rings. The van der Waals surface area contributed by atoms with Crippen molar-refractivity contribution in [3.63, 3.8) is 0 Å². The van der Waals surface area contributed by atoms with Gasteiger partial charge in [0.2, 0.25) is 0 Å². The molecule has 0 radical (unpaired) electrons. The Hall–Kier alpha value is -2.89. The second-order valence-corrected chi connectivity index (χ2v) is 4.43. The zero-order valence-corrected chi connectivity index (χ0v) is 11.5. The van der Waals surface area contributed by atoms with Crippen LogP contribution in [0.3, 0.4) is 0 Å². The summed E-state index contributed by atoms with van der Waals surface area (Å²) in [6.45, 7) is 2.06. The number of anilines is 1. The largest absolute Gasteiger partial charge is 0.462 e. The molecule has 3 aromatic rings. The molecule has 0 aliphatic heterocycles. The van der Waals surface area contributed by atoms with Crippen LogP contribution < -0.4 is 5.73 Å². The smallest absolute Gasteiger partial charge is 0.343 e. The van der Waals surface area contributed by atoms with Gasteiger partial charge in [-0.25, -0.2) is 14.3 Å². The molecule has 21 heavy (non-hydrogen) atoms. The lowest BCUT2D eigenvalue weighted by molar-refractivity contribution is 0.0528. The number of nitrogens with zero attached hydrogens (tertiary/aromatic N) is 3. The maximum atomic E-state index is 11.9. The standard InChI is InChI=1S/C15H14N4O2/c1-2-21-15(20)11-9-18-19-13(7-8-17-14(11)19)10-5-3-4-6-12(10)16/h3-9H,2,16H2,1H3. The predicted molar refractivity (Wildman–Crippen MR) is 78.8 cm³/mol. The van der Waals surface area contributed by atoms with E-state index in [1.165, 1.54) is 6.20 Å². The third-order valence-electron chi connectivity index (χ3n) is 3.13. The molecule has 0 atom stereocenters. The molecule has 6 heteroatoms. The number of para-hydroxylation sites is 1. The van der Waals surface area contributed by atoms with E-state index in [-0.39, 0.29) is 0 Å². The number of benzene rings is 1. The van der Waals surface area contributed by atoms with Crippen LogP contribution in [0.2, 0.25) is 0 Å². The van der Waals surface area contributed by atoms with E-state index >= 15 is 0 Å². The van der Waals surface area contributed by atoms with E-state index < -0.39 is 5.97 Å². The molecule has 0 unspecified atom stereocenters. The Labute approximate surface area is 121 Å². The quantitative estimate of drug-likeness (QED) is 0.588. The fraction of sp³-hybridized carbons (Fsp3) is 0.133. The summed E-state index contributed by atoms with van der Waals surface area (Å²) >= 11 is 0. The molecule has 3 rings (SSSR count). The highest BCUT2D eigenvalue weighted by Crippen LogP contribution is 2.26. The van der Waals surface area contributed by atoms with Crippen LogP contribution in [-0.2, 0) is 4.74 Å². The van der Waals surface area contributed by atoms with Gasteiger partial charge in [-0.15, -0.1) is 0 Å². The molecule has 0 fully saturated rings. The number of carbonyl (C=O) groups is 1. The van der Waals surface area contributed by atoms with Gasteiger partial charge in [-0.1, -0.05) is 18.2 Å². The van der Waals surface area contributed by atoms with Gasteiger partial charge in [-0.3, -0.25) is 0 Å². The molecule has 106 valence electrons. The third kappa shape index (κ3) is 2.20. The Balaban J connectivity index is 2.19. The lowest BCUT2D eigenvalue weighted by atomic mass is 10.1. The first-order chi connectivity index (χ1) is 10.2. The van der Waals surface area contributed by atoms with Crippen LogP contribution in [0.25, 0.3) is 16.9 Å². The highest BCUT2D eigenvalue weighted by atomic mass is 16.5. The number of esters is 1. The molecule has 1 aromatic carbocycles. The van der Waals surface area contributed by atoms with Gasteiger partial charge in [0.05, 0.1) is 18.5 Å². The lowest BCUT2D eigenvalue weighted by Crippen LogP contribution is -2.05. The number of ether oxygens (including phenoxy) is 1. The molecule has 0 amide bonds. The van der Waals surface area contributed by atoms with Gasteiger partial charge in [0.15, 0.2) is 5.65 Å². The summed E-state index contributed by atoms with van der Waals surface area (Å²) in [5, 5.41) is 4.24. The van der Waals surface area contributed by atoms with Crippen LogP contribution in [0.5, 0.6) is 0 Å². The molecule has 0 aliphatic carbocycles. The van der Waals surface area contributed by atoms with Gasteiger partial charge in [0.1, 0.15) is 5.56 Å². The number of nitrogen functional groups attached to an aromatic ring is 1. The monoisotopic (exact) mass is 282 g/mol. The molecule has 6 nitrogen and oxygen atoms in total. The van der Waals surface area contributed by atoms with Crippen molar-refractivity contribution in [1.82, 2.24) is 14.6 Å². The van der Waals surface area contributed by atoms with Crippen molar-refractivity contribution in [3.8, 4) is 11.3 Å². The predicted octanol–water partition coefficient (Wildman–Crippen LogP) is 2.16.